The molecule has 20 heavy (non-hydrogen) atoms. The van der Waals surface area contributed by atoms with Crippen molar-refractivity contribution < 1.29 is 14.8 Å². The molecule has 0 aliphatic rings. The monoisotopic (exact) mass is 274 g/mol. The van der Waals surface area contributed by atoms with E-state index in [9.17, 15) is 9.50 Å². The first-order valence-corrected chi connectivity index (χ1v) is 6.99. The van der Waals surface area contributed by atoms with Gasteiger partial charge < -0.3 is 10.4 Å². The topological polar surface area (TPSA) is 36.8 Å². The summed E-state index contributed by atoms with van der Waals surface area (Å²) < 4.78 is 12.8. The van der Waals surface area contributed by atoms with Crippen molar-refractivity contribution in [1.82, 2.24) is 0 Å². The summed E-state index contributed by atoms with van der Waals surface area (Å²) in [6.45, 7) is 3.07. The number of nitrogens with two attached hydrogens (primary N) is 1. The summed E-state index contributed by atoms with van der Waals surface area (Å²) >= 11 is 0. The van der Waals surface area contributed by atoms with Gasteiger partial charge in [-0.2, -0.15) is 0 Å². The first-order chi connectivity index (χ1) is 9.63. The van der Waals surface area contributed by atoms with Crippen molar-refractivity contribution in [3.63, 3.8) is 0 Å². The van der Waals surface area contributed by atoms with Gasteiger partial charge in [0.25, 0.3) is 0 Å². The molecule has 0 spiro atoms. The second-order valence-corrected chi connectivity index (χ2v) is 5.25. The van der Waals surface area contributed by atoms with Crippen molar-refractivity contribution in [3.8, 4) is 5.75 Å². The lowest BCUT2D eigenvalue weighted by Crippen LogP contribution is -2.87. The Hall–Kier alpha value is -1.87. The molecule has 2 aromatic rings. The zero-order chi connectivity index (χ0) is 14.4. The van der Waals surface area contributed by atoms with Crippen LogP contribution in [-0.4, -0.2) is 11.1 Å². The number of quaternary nitrogens is 1. The second kappa shape index (κ2) is 7.06. The normalized spacial score (nSPS) is 12.3. The minimum Gasteiger partial charge on any atom is -0.508 e. The number of phenols is 1. The largest absolute Gasteiger partial charge is 0.508 e. The van der Waals surface area contributed by atoms with Crippen LogP contribution in [0, 0.1) is 5.82 Å². The Bertz CT molecular complexity index is 472. The first-order valence-electron chi connectivity index (χ1n) is 6.99. The molecule has 0 amide bonds. The van der Waals surface area contributed by atoms with Gasteiger partial charge >= 0.3 is 0 Å². The van der Waals surface area contributed by atoms with Crippen LogP contribution in [0.15, 0.2) is 48.5 Å². The van der Waals surface area contributed by atoms with Crippen LogP contribution in [0.5, 0.6) is 5.75 Å². The van der Waals surface area contributed by atoms with Crippen LogP contribution < -0.4 is 5.32 Å². The summed E-state index contributed by atoms with van der Waals surface area (Å²) in [6.07, 6.45) is 2.08. The van der Waals surface area contributed by atoms with Gasteiger partial charge in [-0.25, -0.2) is 4.39 Å². The van der Waals surface area contributed by atoms with Crippen LogP contribution in [0.4, 0.5) is 4.39 Å². The molecule has 106 valence electrons. The number of rotatable bonds is 6. The maximum absolute atomic E-state index is 12.8. The minimum atomic E-state index is -0.186. The first kappa shape index (κ1) is 14.5. The van der Waals surface area contributed by atoms with E-state index in [0.29, 0.717) is 11.8 Å². The Morgan fingerprint density at radius 1 is 1.00 bits per heavy atom. The van der Waals surface area contributed by atoms with Crippen LogP contribution in [-0.2, 0) is 13.0 Å². The Balaban J connectivity index is 1.73. The highest BCUT2D eigenvalue weighted by molar-refractivity contribution is 5.25. The van der Waals surface area contributed by atoms with Gasteiger partial charge in [0.2, 0.25) is 0 Å². The number of hydrogen-bond donors (Lipinski definition) is 2. The third kappa shape index (κ3) is 4.67. The molecule has 0 unspecified atom stereocenters. The van der Waals surface area contributed by atoms with Crippen LogP contribution in [0.3, 0.4) is 0 Å². The molecule has 2 rings (SSSR count). The van der Waals surface area contributed by atoms with Gasteiger partial charge in [-0.15, -0.1) is 0 Å². The summed E-state index contributed by atoms with van der Waals surface area (Å²) in [5.74, 6) is 0.124. The number of hydrogen-bond acceptors (Lipinski definition) is 1. The van der Waals surface area contributed by atoms with E-state index >= 15 is 0 Å². The van der Waals surface area contributed by atoms with Crippen LogP contribution >= 0.6 is 0 Å². The lowest BCUT2D eigenvalue weighted by atomic mass is 10.1. The molecule has 3 heteroatoms. The zero-order valence-corrected chi connectivity index (χ0v) is 11.7. The van der Waals surface area contributed by atoms with E-state index in [4.69, 9.17) is 0 Å². The predicted octanol–water partition coefficient (Wildman–Crippen LogP) is 2.62. The lowest BCUT2D eigenvalue weighted by Gasteiger charge is -2.11. The van der Waals surface area contributed by atoms with Crippen molar-refractivity contribution in [2.45, 2.75) is 32.4 Å². The molecule has 0 bridgehead atoms. The van der Waals surface area contributed by atoms with E-state index in [2.05, 4.69) is 12.2 Å². The Morgan fingerprint density at radius 2 is 1.60 bits per heavy atom. The number of halogens is 1. The smallest absolute Gasteiger partial charge is 0.123 e. The van der Waals surface area contributed by atoms with Gasteiger partial charge in [0.05, 0.1) is 6.04 Å². The number of benzene rings is 2. The number of aryl methyl sites for hydroxylation is 1. The van der Waals surface area contributed by atoms with Gasteiger partial charge in [0.15, 0.2) is 0 Å². The summed E-state index contributed by atoms with van der Waals surface area (Å²) in [5.41, 5.74) is 2.38. The maximum atomic E-state index is 12.8. The lowest BCUT2D eigenvalue weighted by molar-refractivity contribution is -0.701. The van der Waals surface area contributed by atoms with Gasteiger partial charge in [0.1, 0.15) is 18.1 Å². The third-order valence-electron chi connectivity index (χ3n) is 3.49. The van der Waals surface area contributed by atoms with E-state index in [1.807, 2.05) is 24.3 Å². The molecule has 0 fully saturated rings. The van der Waals surface area contributed by atoms with E-state index in [0.717, 1.165) is 24.9 Å². The average Bonchev–Trinajstić information content (AvgIpc) is 2.46. The standard InChI is InChI=1S/C17H20FNO/c1-13(2-3-14-6-10-17(20)11-7-14)19-12-15-4-8-16(18)9-5-15/h4-11,13,19-20H,2-3,12H2,1H3/p+1/t13-/m1/s1. The van der Waals surface area contributed by atoms with E-state index in [1.165, 1.54) is 17.7 Å². The highest BCUT2D eigenvalue weighted by atomic mass is 19.1. The molecule has 0 radical (unpaired) electrons. The quantitative estimate of drug-likeness (QED) is 0.834. The molecule has 1 atom stereocenters. The highest BCUT2D eigenvalue weighted by Crippen LogP contribution is 2.11. The van der Waals surface area contributed by atoms with E-state index in [1.54, 1.807) is 12.1 Å². The molecule has 0 saturated carbocycles. The van der Waals surface area contributed by atoms with Crippen molar-refractivity contribution in [1.29, 1.82) is 0 Å². The SMILES string of the molecule is C[C@H](CCc1ccc(O)cc1)[NH2+]Cc1ccc(F)cc1. The predicted molar refractivity (Wildman–Crippen MR) is 77.9 cm³/mol. The molecule has 2 nitrogen and oxygen atoms in total. The molecular formula is C17H21FNO+. The van der Waals surface area contributed by atoms with Gasteiger partial charge in [-0.05, 0) is 43.2 Å². The number of phenolic OH excluding ortho intramolecular Hbond substituents is 1. The summed E-state index contributed by atoms with van der Waals surface area (Å²) in [4.78, 5) is 0. The van der Waals surface area contributed by atoms with Crippen LogP contribution in [0.1, 0.15) is 24.5 Å². The molecule has 0 aliphatic heterocycles. The molecule has 3 N–H and O–H groups in total. The van der Waals surface area contributed by atoms with Gasteiger partial charge in [0, 0.05) is 12.0 Å². The van der Waals surface area contributed by atoms with Crippen molar-refractivity contribution in [3.05, 3.63) is 65.5 Å². The summed E-state index contributed by atoms with van der Waals surface area (Å²) in [7, 11) is 0. The summed E-state index contributed by atoms with van der Waals surface area (Å²) in [5, 5.41) is 11.5. The third-order valence-corrected chi connectivity index (χ3v) is 3.49. The Kier molecular flexibility index (Phi) is 5.13. The van der Waals surface area contributed by atoms with Crippen molar-refractivity contribution in [2.24, 2.45) is 0 Å². The molecule has 0 aliphatic carbocycles. The van der Waals surface area contributed by atoms with E-state index < -0.39 is 0 Å². The molecular weight excluding hydrogens is 253 g/mol. The minimum absolute atomic E-state index is 0.186. The van der Waals surface area contributed by atoms with Crippen LogP contribution in [0.25, 0.3) is 0 Å². The average molecular weight is 274 g/mol. The van der Waals surface area contributed by atoms with Gasteiger partial charge in [-0.3, -0.25) is 0 Å². The highest BCUT2D eigenvalue weighted by Gasteiger charge is 2.06. The Morgan fingerprint density at radius 3 is 2.25 bits per heavy atom. The maximum Gasteiger partial charge on any atom is 0.123 e. The second-order valence-electron chi connectivity index (χ2n) is 5.25. The van der Waals surface area contributed by atoms with Crippen molar-refractivity contribution >= 4 is 0 Å². The molecule has 0 saturated heterocycles. The molecule has 2 aromatic carbocycles. The fourth-order valence-electron chi connectivity index (χ4n) is 2.13. The zero-order valence-electron chi connectivity index (χ0n) is 11.7. The fourth-order valence-corrected chi connectivity index (χ4v) is 2.13. The fraction of sp³-hybridized carbons (Fsp3) is 0.294. The van der Waals surface area contributed by atoms with Crippen LogP contribution in [0.2, 0.25) is 0 Å². The number of aromatic hydroxyl groups is 1. The van der Waals surface area contributed by atoms with Gasteiger partial charge in [-0.1, -0.05) is 24.3 Å². The van der Waals surface area contributed by atoms with E-state index in [-0.39, 0.29) is 5.82 Å². The molecule has 0 aromatic heterocycles. The Labute approximate surface area is 119 Å². The summed E-state index contributed by atoms with van der Waals surface area (Å²) in [6, 6.07) is 14.5. The van der Waals surface area contributed by atoms with Crippen molar-refractivity contribution in [2.75, 3.05) is 0 Å². The molecule has 0 heterocycles.